The van der Waals surface area contributed by atoms with E-state index in [1.54, 1.807) is 45.0 Å². The van der Waals surface area contributed by atoms with Crippen LogP contribution >= 0.6 is 0 Å². The van der Waals surface area contributed by atoms with Crippen LogP contribution in [0.5, 0.6) is 0 Å². The Kier molecular flexibility index (Phi) is 6.41. The quantitative estimate of drug-likeness (QED) is 0.395. The normalized spacial score (nSPS) is 13.7. The number of aliphatic imine (C=N–C) groups is 1. The van der Waals surface area contributed by atoms with E-state index in [9.17, 15) is 18.0 Å². The number of alkyl carbamates (subject to hydrolysis) is 1. The van der Waals surface area contributed by atoms with Crippen LogP contribution in [-0.4, -0.2) is 23.7 Å². The van der Waals surface area contributed by atoms with Gasteiger partial charge in [0.25, 0.3) is 0 Å². The van der Waals surface area contributed by atoms with Crippen LogP contribution in [0.25, 0.3) is 0 Å². The summed E-state index contributed by atoms with van der Waals surface area (Å²) in [5, 5.41) is 1.84. The van der Waals surface area contributed by atoms with Gasteiger partial charge in [-0.15, -0.1) is 0 Å². The van der Waals surface area contributed by atoms with Gasteiger partial charge >= 0.3 is 12.3 Å². The molecule has 1 amide bonds. The van der Waals surface area contributed by atoms with E-state index in [-0.39, 0.29) is 22.6 Å². The molecule has 0 aliphatic carbocycles. The molecule has 0 spiro atoms. The lowest BCUT2D eigenvalue weighted by Gasteiger charge is -2.25. The van der Waals surface area contributed by atoms with E-state index in [1.807, 2.05) is 11.4 Å². The summed E-state index contributed by atoms with van der Waals surface area (Å²) < 4.78 is 45.5. The third-order valence-corrected chi connectivity index (χ3v) is 3.68. The van der Waals surface area contributed by atoms with Gasteiger partial charge in [-0.1, -0.05) is 24.3 Å². The van der Waals surface area contributed by atoms with Gasteiger partial charge < -0.3 is 21.5 Å². The zero-order valence-corrected chi connectivity index (χ0v) is 16.2. The molecule has 0 fully saturated rings. The summed E-state index contributed by atoms with van der Waals surface area (Å²) in [6.07, 6.45) is -5.94. The summed E-state index contributed by atoms with van der Waals surface area (Å²) in [6.45, 7) is 4.66. The lowest BCUT2D eigenvalue weighted by atomic mass is 10.0. The number of carbonyl (C=O) groups excluding carboxylic acids is 1. The van der Waals surface area contributed by atoms with E-state index in [2.05, 4.69) is 4.99 Å². The molecule has 1 atom stereocenters. The zero-order valence-electron chi connectivity index (χ0n) is 16.2. The molecule has 29 heavy (non-hydrogen) atoms. The number of nitrogen functional groups attached to an aromatic ring is 1. The number of ether oxygens (including phenoxy) is 1. The number of amides is 1. The Morgan fingerprint density at radius 3 is 2.24 bits per heavy atom. The molecule has 2 rings (SSSR count). The first-order valence-electron chi connectivity index (χ1n) is 8.72. The van der Waals surface area contributed by atoms with Crippen molar-refractivity contribution in [1.29, 1.82) is 0 Å². The molecule has 156 valence electrons. The van der Waals surface area contributed by atoms with Crippen molar-refractivity contribution in [3.05, 3.63) is 59.7 Å². The number of hydrogen-bond donors (Lipinski definition) is 3. The number of carbonyl (C=O) groups is 1. The van der Waals surface area contributed by atoms with Crippen molar-refractivity contribution in [1.82, 2.24) is 5.32 Å². The maximum atomic E-state index is 13.5. The van der Waals surface area contributed by atoms with E-state index in [0.717, 1.165) is 6.07 Å². The number of amidine groups is 1. The fourth-order valence-electron chi connectivity index (χ4n) is 2.48. The molecule has 0 heterocycles. The first kappa shape index (κ1) is 22.1. The van der Waals surface area contributed by atoms with Crippen molar-refractivity contribution in [3.63, 3.8) is 0 Å². The van der Waals surface area contributed by atoms with Crippen LogP contribution in [0.3, 0.4) is 0 Å². The second kappa shape index (κ2) is 8.42. The van der Waals surface area contributed by atoms with Crippen molar-refractivity contribution in [2.24, 2.45) is 10.7 Å². The van der Waals surface area contributed by atoms with E-state index < -0.39 is 23.9 Å². The predicted octanol–water partition coefficient (Wildman–Crippen LogP) is 4.43. The first-order valence-corrected chi connectivity index (χ1v) is 8.72. The van der Waals surface area contributed by atoms with Crippen LogP contribution in [0, 0.1) is 0 Å². The summed E-state index contributed by atoms with van der Waals surface area (Å²) in [5.41, 5.74) is 11.5. The number of rotatable bonds is 4. The Morgan fingerprint density at radius 1 is 1.10 bits per heavy atom. The van der Waals surface area contributed by atoms with E-state index in [4.69, 9.17) is 16.2 Å². The van der Waals surface area contributed by atoms with Gasteiger partial charge in [0.15, 0.2) is 6.04 Å². The number of hydrogen-bond acceptors (Lipinski definition) is 4. The van der Waals surface area contributed by atoms with Gasteiger partial charge in [0.2, 0.25) is 0 Å². The number of nitrogens with zero attached hydrogens (tertiary/aromatic N) is 1. The molecule has 0 saturated carbocycles. The molecule has 0 saturated heterocycles. The predicted molar refractivity (Wildman–Crippen MR) is 106 cm³/mol. The molecule has 2 aromatic carbocycles. The zero-order chi connectivity index (χ0) is 21.8. The van der Waals surface area contributed by atoms with Gasteiger partial charge in [-0.25, -0.2) is 9.79 Å². The number of anilines is 1. The van der Waals surface area contributed by atoms with E-state index in [1.165, 1.54) is 12.1 Å². The molecule has 9 heteroatoms. The molecule has 1 unspecified atom stereocenters. The fraction of sp³-hybridized carbons (Fsp3) is 0.300. The SMILES string of the molecule is CC(C)(C)OC(=O)NC(c1ccc(C(N)=Nc2ccccc2)c(N)c1)C(F)(F)F. The summed E-state index contributed by atoms with van der Waals surface area (Å²) in [5.74, 6) is 0.0592. The number of nitrogens with one attached hydrogen (secondary N) is 1. The van der Waals surface area contributed by atoms with Crippen LogP contribution in [-0.2, 0) is 4.74 Å². The highest BCUT2D eigenvalue weighted by Crippen LogP contribution is 2.34. The monoisotopic (exact) mass is 408 g/mol. The van der Waals surface area contributed by atoms with Crippen LogP contribution in [0.4, 0.5) is 29.3 Å². The summed E-state index contributed by atoms with van der Waals surface area (Å²) in [7, 11) is 0. The first-order chi connectivity index (χ1) is 13.4. The van der Waals surface area contributed by atoms with Crippen LogP contribution in [0.15, 0.2) is 53.5 Å². The highest BCUT2D eigenvalue weighted by atomic mass is 19.4. The van der Waals surface area contributed by atoms with Crippen molar-refractivity contribution in [3.8, 4) is 0 Å². The second-order valence-electron chi connectivity index (χ2n) is 7.30. The average molecular weight is 408 g/mol. The molecule has 6 nitrogen and oxygen atoms in total. The number of benzene rings is 2. The largest absolute Gasteiger partial charge is 0.444 e. The molecule has 0 radical (unpaired) electrons. The maximum absolute atomic E-state index is 13.5. The van der Waals surface area contributed by atoms with Crippen LogP contribution < -0.4 is 16.8 Å². The van der Waals surface area contributed by atoms with Crippen LogP contribution in [0.1, 0.15) is 37.9 Å². The number of alkyl halides is 3. The summed E-state index contributed by atoms with van der Waals surface area (Å²) in [4.78, 5) is 16.1. The molecular formula is C20H23F3N4O2. The minimum absolute atomic E-state index is 0.0000742. The van der Waals surface area contributed by atoms with E-state index >= 15 is 0 Å². The molecule has 0 aliphatic rings. The maximum Gasteiger partial charge on any atom is 0.412 e. The Balaban J connectivity index is 2.31. The number of para-hydroxylation sites is 1. The molecule has 5 N–H and O–H groups in total. The minimum Gasteiger partial charge on any atom is -0.444 e. The van der Waals surface area contributed by atoms with Gasteiger partial charge in [0.05, 0.1) is 5.69 Å². The van der Waals surface area contributed by atoms with Gasteiger partial charge in [-0.3, -0.25) is 0 Å². The standard InChI is InChI=1S/C20H23F3N4O2/c1-19(2,3)29-18(28)27-16(20(21,22)23)12-9-10-14(15(24)11-12)17(25)26-13-7-5-4-6-8-13/h4-11,16H,24H2,1-3H3,(H2,25,26)(H,27,28). The molecular weight excluding hydrogens is 385 g/mol. The summed E-state index contributed by atoms with van der Waals surface area (Å²) >= 11 is 0. The lowest BCUT2D eigenvalue weighted by molar-refractivity contribution is -0.156. The van der Waals surface area contributed by atoms with Crippen molar-refractivity contribution < 1.29 is 22.7 Å². The molecule has 0 bridgehead atoms. The second-order valence-corrected chi connectivity index (χ2v) is 7.30. The summed E-state index contributed by atoms with van der Waals surface area (Å²) in [6, 6.07) is 10.1. The fourth-order valence-corrected chi connectivity index (χ4v) is 2.48. The Morgan fingerprint density at radius 2 is 1.72 bits per heavy atom. The third-order valence-electron chi connectivity index (χ3n) is 3.68. The highest BCUT2D eigenvalue weighted by Gasteiger charge is 2.43. The minimum atomic E-state index is -4.76. The van der Waals surface area contributed by atoms with Gasteiger partial charge in [0, 0.05) is 11.3 Å². The lowest BCUT2D eigenvalue weighted by Crippen LogP contribution is -2.41. The van der Waals surface area contributed by atoms with Crippen LogP contribution in [0.2, 0.25) is 0 Å². The van der Waals surface area contributed by atoms with Crippen molar-refractivity contribution >= 4 is 23.3 Å². The smallest absolute Gasteiger partial charge is 0.412 e. The van der Waals surface area contributed by atoms with Gasteiger partial charge in [-0.2, -0.15) is 13.2 Å². The third kappa shape index (κ3) is 6.41. The van der Waals surface area contributed by atoms with E-state index in [0.29, 0.717) is 5.69 Å². The van der Waals surface area contributed by atoms with Gasteiger partial charge in [0.1, 0.15) is 11.4 Å². The highest BCUT2D eigenvalue weighted by molar-refractivity contribution is 6.03. The topological polar surface area (TPSA) is 103 Å². The van der Waals surface area contributed by atoms with Gasteiger partial charge in [-0.05, 0) is 50.6 Å². The Bertz CT molecular complexity index is 891. The Hall–Kier alpha value is -3.23. The molecule has 0 aliphatic heterocycles. The van der Waals surface area contributed by atoms with Crippen molar-refractivity contribution in [2.45, 2.75) is 38.6 Å². The van der Waals surface area contributed by atoms with Crippen molar-refractivity contribution in [2.75, 3.05) is 5.73 Å². The molecule has 0 aromatic heterocycles. The number of halogens is 3. The number of nitrogens with two attached hydrogens (primary N) is 2. The molecule has 2 aromatic rings. The average Bonchev–Trinajstić information content (AvgIpc) is 2.58. The Labute approximate surface area is 166 Å².